The fourth-order valence-electron chi connectivity index (χ4n) is 7.37. The fraction of sp³-hybridized carbons (Fsp3) is 0. The normalized spacial score (nSPS) is 11.5. The molecule has 0 saturated heterocycles. The van der Waals surface area contributed by atoms with Crippen LogP contribution in [0.3, 0.4) is 0 Å². The van der Waals surface area contributed by atoms with E-state index in [1.807, 2.05) is 23.5 Å². The summed E-state index contributed by atoms with van der Waals surface area (Å²) in [5, 5.41) is 4.75. The summed E-state index contributed by atoms with van der Waals surface area (Å²) in [5.74, 6) is 0. The molecule has 0 aliphatic heterocycles. The molecule has 0 saturated carbocycles. The minimum Gasteiger partial charge on any atom is -0.456 e. The maximum atomic E-state index is 6.37. The van der Waals surface area contributed by atoms with Crippen LogP contribution in [0.5, 0.6) is 0 Å². The van der Waals surface area contributed by atoms with Gasteiger partial charge in [0.15, 0.2) is 0 Å². The number of furan rings is 1. The second kappa shape index (κ2) is 12.6. The highest BCUT2D eigenvalue weighted by Gasteiger charge is 2.19. The minimum absolute atomic E-state index is 0.876. The van der Waals surface area contributed by atoms with E-state index in [2.05, 4.69) is 192 Å². The Labute approximate surface area is 305 Å². The molecule has 2 heterocycles. The van der Waals surface area contributed by atoms with Crippen molar-refractivity contribution in [3.05, 3.63) is 194 Å². The zero-order valence-corrected chi connectivity index (χ0v) is 29.0. The second-order valence-corrected chi connectivity index (χ2v) is 14.1. The van der Waals surface area contributed by atoms with Gasteiger partial charge in [0.05, 0.1) is 0 Å². The van der Waals surface area contributed by atoms with E-state index >= 15 is 0 Å². The summed E-state index contributed by atoms with van der Waals surface area (Å²) < 4.78 is 8.87. The van der Waals surface area contributed by atoms with E-state index in [1.165, 1.54) is 31.3 Å². The quantitative estimate of drug-likeness (QED) is 0.167. The molecule has 4 heteroatoms. The van der Waals surface area contributed by atoms with Gasteiger partial charge >= 0.3 is 0 Å². The van der Waals surface area contributed by atoms with Gasteiger partial charge in [-0.25, -0.2) is 0 Å². The number of fused-ring (bicyclic) bond motifs is 6. The van der Waals surface area contributed by atoms with Crippen LogP contribution in [0.4, 0.5) is 34.1 Å². The van der Waals surface area contributed by atoms with E-state index in [1.54, 1.807) is 0 Å². The van der Waals surface area contributed by atoms with Crippen molar-refractivity contribution in [2.24, 2.45) is 0 Å². The van der Waals surface area contributed by atoms with Crippen molar-refractivity contribution < 1.29 is 4.42 Å². The number of benzene rings is 8. The second-order valence-electron chi connectivity index (χ2n) is 13.0. The minimum atomic E-state index is 0.876. The van der Waals surface area contributed by atoms with Gasteiger partial charge in [-0.15, -0.1) is 11.3 Å². The van der Waals surface area contributed by atoms with Crippen LogP contribution in [0.25, 0.3) is 53.2 Å². The number of thiophene rings is 1. The maximum absolute atomic E-state index is 6.37. The van der Waals surface area contributed by atoms with Crippen molar-refractivity contribution in [3.8, 4) is 11.1 Å². The third-order valence-electron chi connectivity index (χ3n) is 9.84. The Morgan fingerprint density at radius 2 is 0.808 bits per heavy atom. The maximum Gasteiger partial charge on any atom is 0.137 e. The van der Waals surface area contributed by atoms with Crippen molar-refractivity contribution in [2.75, 3.05) is 9.80 Å². The topological polar surface area (TPSA) is 19.6 Å². The Morgan fingerprint density at radius 1 is 0.308 bits per heavy atom. The lowest BCUT2D eigenvalue weighted by Crippen LogP contribution is -2.09. The van der Waals surface area contributed by atoms with Crippen LogP contribution in [-0.4, -0.2) is 0 Å². The fourth-order valence-corrected chi connectivity index (χ4v) is 8.49. The average Bonchev–Trinajstić information content (AvgIpc) is 3.77. The summed E-state index contributed by atoms with van der Waals surface area (Å²) in [6.07, 6.45) is 0. The van der Waals surface area contributed by atoms with Gasteiger partial charge in [0.2, 0.25) is 0 Å². The third kappa shape index (κ3) is 5.29. The number of anilines is 6. The summed E-state index contributed by atoms with van der Waals surface area (Å²) in [6.45, 7) is 0. The molecular formula is C48H32N2OS. The van der Waals surface area contributed by atoms with Gasteiger partial charge in [-0.1, -0.05) is 103 Å². The van der Waals surface area contributed by atoms with Crippen LogP contribution in [0.15, 0.2) is 199 Å². The Morgan fingerprint density at radius 3 is 1.54 bits per heavy atom. The molecule has 0 N–H and O–H groups in total. The molecule has 10 rings (SSSR count). The Hall–Kier alpha value is -6.62. The highest BCUT2D eigenvalue weighted by molar-refractivity contribution is 7.25. The molecule has 0 spiro atoms. The molecule has 0 bridgehead atoms. The van der Waals surface area contributed by atoms with Crippen LogP contribution < -0.4 is 9.80 Å². The van der Waals surface area contributed by atoms with E-state index in [4.69, 9.17) is 4.42 Å². The van der Waals surface area contributed by atoms with E-state index < -0.39 is 0 Å². The predicted octanol–water partition coefficient (Wildman–Crippen LogP) is 14.6. The molecule has 2 aromatic heterocycles. The van der Waals surface area contributed by atoms with Gasteiger partial charge in [-0.2, -0.15) is 0 Å². The molecule has 246 valence electrons. The Balaban J connectivity index is 1.10. The van der Waals surface area contributed by atoms with Gasteiger partial charge in [0, 0.05) is 71.1 Å². The lowest BCUT2D eigenvalue weighted by molar-refractivity contribution is 0.669. The first-order valence-corrected chi connectivity index (χ1v) is 18.3. The lowest BCUT2D eigenvalue weighted by atomic mass is 10.0. The molecule has 0 aliphatic carbocycles. The van der Waals surface area contributed by atoms with Crippen LogP contribution in [0.1, 0.15) is 0 Å². The number of nitrogens with zero attached hydrogens (tertiary/aromatic N) is 2. The highest BCUT2D eigenvalue weighted by Crippen LogP contribution is 2.44. The molecule has 8 aromatic carbocycles. The van der Waals surface area contributed by atoms with Crippen LogP contribution in [0.2, 0.25) is 0 Å². The summed E-state index contributed by atoms with van der Waals surface area (Å²) in [5.41, 5.74) is 10.8. The van der Waals surface area contributed by atoms with Crippen molar-refractivity contribution in [1.29, 1.82) is 0 Å². The predicted molar refractivity (Wildman–Crippen MR) is 221 cm³/mol. The van der Waals surface area contributed by atoms with Gasteiger partial charge in [0.1, 0.15) is 11.2 Å². The smallest absolute Gasteiger partial charge is 0.137 e. The van der Waals surface area contributed by atoms with Gasteiger partial charge < -0.3 is 14.2 Å². The third-order valence-corrected chi connectivity index (χ3v) is 11.0. The molecule has 0 unspecified atom stereocenters. The van der Waals surface area contributed by atoms with E-state index in [0.29, 0.717) is 0 Å². The van der Waals surface area contributed by atoms with Gasteiger partial charge in [-0.3, -0.25) is 0 Å². The summed E-state index contributed by atoms with van der Waals surface area (Å²) >= 11 is 1.84. The van der Waals surface area contributed by atoms with Crippen molar-refractivity contribution >= 4 is 87.6 Å². The van der Waals surface area contributed by atoms with Crippen molar-refractivity contribution in [2.45, 2.75) is 0 Å². The largest absolute Gasteiger partial charge is 0.456 e. The van der Waals surface area contributed by atoms with E-state index in [-0.39, 0.29) is 0 Å². The number of hydrogen-bond acceptors (Lipinski definition) is 4. The van der Waals surface area contributed by atoms with E-state index in [9.17, 15) is 0 Å². The number of rotatable bonds is 7. The first kappa shape index (κ1) is 30.2. The standard InChI is InChI=1S/C48H32N2OS/c1-4-12-33(13-5-1)34-20-22-37(23-21-34)50(39-24-27-42-41-18-10-11-19-45(41)51-46(42)31-39)40-25-28-43-44-30-38(26-29-47(44)52-48(43)32-40)49(35-14-6-2-7-15-35)36-16-8-3-9-17-36/h1-32H. The zero-order chi connectivity index (χ0) is 34.4. The molecule has 0 aliphatic rings. The molecule has 52 heavy (non-hydrogen) atoms. The highest BCUT2D eigenvalue weighted by atomic mass is 32.1. The van der Waals surface area contributed by atoms with Crippen LogP contribution >= 0.6 is 11.3 Å². The van der Waals surface area contributed by atoms with Crippen LogP contribution in [0, 0.1) is 0 Å². The monoisotopic (exact) mass is 684 g/mol. The average molecular weight is 685 g/mol. The Bertz CT molecular complexity index is 2800. The number of hydrogen-bond donors (Lipinski definition) is 0. The van der Waals surface area contributed by atoms with Crippen LogP contribution in [-0.2, 0) is 0 Å². The zero-order valence-electron chi connectivity index (χ0n) is 28.2. The van der Waals surface area contributed by atoms with Gasteiger partial charge in [0.25, 0.3) is 0 Å². The Kier molecular flexibility index (Phi) is 7.33. The molecule has 0 atom stereocenters. The van der Waals surface area contributed by atoms with Gasteiger partial charge in [-0.05, 0) is 96.1 Å². The van der Waals surface area contributed by atoms with E-state index in [0.717, 1.165) is 56.1 Å². The molecule has 0 radical (unpaired) electrons. The summed E-state index contributed by atoms with van der Waals surface area (Å²) in [7, 11) is 0. The number of para-hydroxylation sites is 3. The lowest BCUT2D eigenvalue weighted by Gasteiger charge is -2.26. The first-order valence-electron chi connectivity index (χ1n) is 17.5. The van der Waals surface area contributed by atoms with Crippen molar-refractivity contribution in [3.63, 3.8) is 0 Å². The molecule has 10 aromatic rings. The molecular weight excluding hydrogens is 653 g/mol. The first-order chi connectivity index (χ1) is 25.8. The molecule has 3 nitrogen and oxygen atoms in total. The summed E-state index contributed by atoms with van der Waals surface area (Å²) in [6, 6.07) is 69.1. The van der Waals surface area contributed by atoms with Crippen molar-refractivity contribution in [1.82, 2.24) is 0 Å². The molecule has 0 amide bonds. The summed E-state index contributed by atoms with van der Waals surface area (Å²) in [4.78, 5) is 4.66. The SMILES string of the molecule is c1ccc(-c2ccc(N(c3ccc4c(c3)oc3ccccc34)c3ccc4c(c3)sc3ccc(N(c5ccccc5)c5ccccc5)cc34)cc2)cc1. The molecule has 0 fully saturated rings.